The van der Waals surface area contributed by atoms with Gasteiger partial charge in [0.05, 0.1) is 29.4 Å². The van der Waals surface area contributed by atoms with Crippen LogP contribution in [0.4, 0.5) is 11.5 Å². The summed E-state index contributed by atoms with van der Waals surface area (Å²) in [6, 6.07) is 8.85. The van der Waals surface area contributed by atoms with Gasteiger partial charge in [-0.05, 0) is 85.2 Å². The molecule has 3 aliphatic rings. The maximum absolute atomic E-state index is 13.9. The van der Waals surface area contributed by atoms with Gasteiger partial charge in [0.25, 0.3) is 11.5 Å². The molecule has 1 aromatic carbocycles. The fraction of sp³-hybridized carbons (Fsp3) is 0.405. The van der Waals surface area contributed by atoms with Crippen LogP contribution in [-0.2, 0) is 16.6 Å². The minimum Gasteiger partial charge on any atom is -0.496 e. The lowest BCUT2D eigenvalue weighted by Crippen LogP contribution is -2.47. The highest BCUT2D eigenvalue weighted by molar-refractivity contribution is 6.34. The number of benzene rings is 1. The van der Waals surface area contributed by atoms with E-state index in [2.05, 4.69) is 25.5 Å². The minimum atomic E-state index is -0.458. The summed E-state index contributed by atoms with van der Waals surface area (Å²) in [7, 11) is 3.24. The van der Waals surface area contributed by atoms with Crippen LogP contribution in [0.1, 0.15) is 48.9 Å². The first kappa shape index (κ1) is 33.5. The van der Waals surface area contributed by atoms with Gasteiger partial charge in [-0.1, -0.05) is 11.6 Å². The van der Waals surface area contributed by atoms with Crippen molar-refractivity contribution < 1.29 is 19.1 Å². The molecule has 3 aromatic heterocycles. The van der Waals surface area contributed by atoms with E-state index in [1.54, 1.807) is 37.8 Å². The Balaban J connectivity index is 0.953. The number of imide groups is 1. The van der Waals surface area contributed by atoms with Crippen LogP contribution < -0.4 is 25.8 Å². The normalized spacial score (nSPS) is 19.1. The van der Waals surface area contributed by atoms with Crippen molar-refractivity contribution in [3.63, 3.8) is 0 Å². The molecule has 4 aromatic rings. The number of piperidine rings is 3. The number of nitrogens with zero attached hydrogens (tertiary/aromatic N) is 5. The summed E-state index contributed by atoms with van der Waals surface area (Å²) in [5.74, 6) is 1.47. The molecule has 2 N–H and O–H groups in total. The van der Waals surface area contributed by atoms with E-state index in [-0.39, 0.29) is 23.3 Å². The Hall–Kier alpha value is -4.97. The first-order valence-corrected chi connectivity index (χ1v) is 17.5. The van der Waals surface area contributed by atoms with Gasteiger partial charge in [0.1, 0.15) is 23.2 Å². The predicted octanol–water partition coefficient (Wildman–Crippen LogP) is 4.64. The number of anilines is 2. The molecule has 0 radical (unpaired) electrons. The Labute approximate surface area is 294 Å². The van der Waals surface area contributed by atoms with E-state index in [1.165, 1.54) is 11.7 Å². The van der Waals surface area contributed by atoms with Crippen LogP contribution in [0.3, 0.4) is 0 Å². The van der Waals surface area contributed by atoms with Crippen molar-refractivity contribution in [2.24, 2.45) is 18.9 Å². The van der Waals surface area contributed by atoms with Crippen LogP contribution in [0.5, 0.6) is 5.75 Å². The summed E-state index contributed by atoms with van der Waals surface area (Å²) in [6.07, 6.45) is 11.6. The third-order valence-corrected chi connectivity index (χ3v) is 10.8. The van der Waals surface area contributed by atoms with Gasteiger partial charge in [0, 0.05) is 63.8 Å². The van der Waals surface area contributed by atoms with Gasteiger partial charge in [-0.3, -0.25) is 29.5 Å². The highest BCUT2D eigenvalue weighted by Gasteiger charge is 2.33. The van der Waals surface area contributed by atoms with Gasteiger partial charge in [-0.2, -0.15) is 0 Å². The largest absolute Gasteiger partial charge is 0.496 e. The van der Waals surface area contributed by atoms with Crippen molar-refractivity contribution in [1.82, 2.24) is 24.8 Å². The number of halogens is 1. The van der Waals surface area contributed by atoms with Crippen LogP contribution >= 0.6 is 11.6 Å². The average Bonchev–Trinajstić information content (AvgIpc) is 3.14. The van der Waals surface area contributed by atoms with E-state index in [9.17, 15) is 19.2 Å². The predicted molar refractivity (Wildman–Crippen MR) is 192 cm³/mol. The van der Waals surface area contributed by atoms with Crippen molar-refractivity contribution in [3.05, 3.63) is 76.1 Å². The molecule has 3 saturated heterocycles. The molecule has 6 heterocycles. The summed E-state index contributed by atoms with van der Waals surface area (Å²) >= 11 is 6.83. The lowest BCUT2D eigenvalue weighted by atomic mass is 9.78. The van der Waals surface area contributed by atoms with Gasteiger partial charge in [-0.15, -0.1) is 0 Å². The summed E-state index contributed by atoms with van der Waals surface area (Å²) in [4.78, 5) is 62.9. The molecule has 0 aliphatic carbocycles. The summed E-state index contributed by atoms with van der Waals surface area (Å²) in [5.41, 5.74) is 2.81. The summed E-state index contributed by atoms with van der Waals surface area (Å²) in [6.45, 7) is 3.20. The molecule has 0 bridgehead atoms. The van der Waals surface area contributed by atoms with Crippen LogP contribution in [-0.4, -0.2) is 76.5 Å². The number of carbonyl (C=O) groups is 3. The monoisotopic (exact) mass is 697 g/mol. The topological polar surface area (TPSA) is 139 Å². The first-order valence-electron chi connectivity index (χ1n) is 17.1. The number of carbonyl (C=O) groups excluding carboxylic acids is 3. The zero-order valence-corrected chi connectivity index (χ0v) is 28.9. The molecule has 1 atom stereocenters. The Morgan fingerprint density at radius 1 is 0.960 bits per heavy atom. The zero-order chi connectivity index (χ0) is 34.9. The number of rotatable bonds is 7. The highest BCUT2D eigenvalue weighted by atomic mass is 35.5. The quantitative estimate of drug-likeness (QED) is 0.265. The fourth-order valence-electron chi connectivity index (χ4n) is 7.68. The van der Waals surface area contributed by atoms with Gasteiger partial charge in [-0.25, -0.2) is 4.98 Å². The number of hydrogen-bond acceptors (Lipinski definition) is 9. The summed E-state index contributed by atoms with van der Waals surface area (Å²) in [5, 5.41) is 7.06. The Bertz CT molecular complexity index is 2000. The molecule has 0 saturated carbocycles. The van der Waals surface area contributed by atoms with Gasteiger partial charge >= 0.3 is 0 Å². The van der Waals surface area contributed by atoms with Gasteiger partial charge in [0.15, 0.2) is 0 Å². The highest BCUT2D eigenvalue weighted by Crippen LogP contribution is 2.38. The van der Waals surface area contributed by atoms with Gasteiger partial charge in [0.2, 0.25) is 11.8 Å². The van der Waals surface area contributed by atoms with E-state index in [0.717, 1.165) is 61.0 Å². The molecule has 50 heavy (non-hydrogen) atoms. The molecule has 1 unspecified atom stereocenters. The van der Waals surface area contributed by atoms with Crippen molar-refractivity contribution in [1.29, 1.82) is 0 Å². The van der Waals surface area contributed by atoms with E-state index < -0.39 is 6.04 Å². The number of ether oxygens (including phenoxy) is 1. The van der Waals surface area contributed by atoms with E-state index in [0.29, 0.717) is 65.3 Å². The standard InChI is InChI=1S/C37H40ClN7O5/c1-43-21-28(26-7-12-39-20-27(26)36(43)48)24-17-29(38)34(31(18-24)50-2)37(49)45-15-10-23(11-16-45)22-8-13-44(14-9-22)25-3-5-32(40-19-25)41-30-4-6-33(46)42-35(30)47/h3,5,7,12,17-23,30H,4,6,8-11,13-16H2,1-2H3,(H,40,41)(H,42,46,47). The number of methoxy groups -OCH3 is 1. The smallest absolute Gasteiger partial charge is 0.259 e. The molecule has 3 aliphatic heterocycles. The second-order valence-corrected chi connectivity index (χ2v) is 13.8. The number of fused-ring (bicyclic) bond motifs is 1. The lowest BCUT2D eigenvalue weighted by Gasteiger charge is -2.41. The second-order valence-electron chi connectivity index (χ2n) is 13.4. The molecule has 3 fully saturated rings. The number of amides is 3. The van der Waals surface area contributed by atoms with Gasteiger partial charge < -0.3 is 24.4 Å². The number of nitrogens with one attached hydrogen (secondary N) is 2. The van der Waals surface area contributed by atoms with Crippen molar-refractivity contribution in [2.75, 3.05) is 43.5 Å². The molecule has 7 rings (SSSR count). The van der Waals surface area contributed by atoms with E-state index in [1.807, 2.05) is 29.3 Å². The third-order valence-electron chi connectivity index (χ3n) is 10.5. The molecule has 0 spiro atoms. The molecular weight excluding hydrogens is 658 g/mol. The number of likely N-dealkylation sites (tertiary alicyclic amines) is 1. The second kappa shape index (κ2) is 14.1. The molecule has 260 valence electrons. The summed E-state index contributed by atoms with van der Waals surface area (Å²) < 4.78 is 7.25. The minimum absolute atomic E-state index is 0.135. The molecular formula is C37H40ClN7O5. The van der Waals surface area contributed by atoms with Crippen molar-refractivity contribution in [2.45, 2.75) is 44.6 Å². The Kier molecular flexibility index (Phi) is 9.46. The van der Waals surface area contributed by atoms with Crippen LogP contribution in [0, 0.1) is 11.8 Å². The maximum atomic E-state index is 13.9. The Morgan fingerprint density at radius 2 is 1.70 bits per heavy atom. The average molecular weight is 698 g/mol. The number of aromatic nitrogens is 3. The first-order chi connectivity index (χ1) is 24.2. The lowest BCUT2D eigenvalue weighted by molar-refractivity contribution is -0.133. The fourth-order valence-corrected chi connectivity index (χ4v) is 7.97. The number of pyridine rings is 3. The maximum Gasteiger partial charge on any atom is 0.259 e. The third kappa shape index (κ3) is 6.64. The molecule has 3 amide bonds. The zero-order valence-electron chi connectivity index (χ0n) is 28.2. The van der Waals surface area contributed by atoms with Crippen LogP contribution in [0.2, 0.25) is 5.02 Å². The Morgan fingerprint density at radius 3 is 2.38 bits per heavy atom. The van der Waals surface area contributed by atoms with Crippen molar-refractivity contribution in [3.8, 4) is 16.9 Å². The van der Waals surface area contributed by atoms with Crippen LogP contribution in [0.15, 0.2) is 59.9 Å². The molecule has 12 nitrogen and oxygen atoms in total. The van der Waals surface area contributed by atoms with E-state index >= 15 is 0 Å². The number of hydrogen-bond donors (Lipinski definition) is 2. The SMILES string of the molecule is COc1cc(-c2cn(C)c(=O)c3cnccc23)cc(Cl)c1C(=O)N1CCC(C2CCN(c3ccc(NC4CCC(=O)NC4=O)nc3)CC2)CC1. The van der Waals surface area contributed by atoms with E-state index in [4.69, 9.17) is 16.3 Å². The molecule has 13 heteroatoms. The number of aryl methyl sites for hydroxylation is 1. The van der Waals surface area contributed by atoms with Crippen molar-refractivity contribution >= 4 is 51.6 Å². The van der Waals surface area contributed by atoms with Crippen LogP contribution in [0.25, 0.3) is 21.9 Å².